The summed E-state index contributed by atoms with van der Waals surface area (Å²) in [4.78, 5) is 47.2. The molecule has 15 heteroatoms. The highest BCUT2D eigenvalue weighted by molar-refractivity contribution is 5.86. The lowest BCUT2D eigenvalue weighted by molar-refractivity contribution is 0.213. The topological polar surface area (TPSA) is 147 Å². The minimum absolute atomic E-state index is 0.00275. The number of carbonyl (C=O) groups excluding carboxylic acids is 1. The first-order valence-electron chi connectivity index (χ1n) is 13.8. The number of aromatic nitrogens is 6. The van der Waals surface area contributed by atoms with Crippen LogP contribution in [0.4, 0.5) is 30.9 Å². The largest absolute Gasteiger partial charge is 0.452 e. The lowest BCUT2D eigenvalue weighted by atomic mass is 10.3. The van der Waals surface area contributed by atoms with Crippen molar-refractivity contribution >= 4 is 28.9 Å². The van der Waals surface area contributed by atoms with Crippen molar-refractivity contribution in [2.75, 3.05) is 10.6 Å². The van der Waals surface area contributed by atoms with Gasteiger partial charge in [0.25, 0.3) is 0 Å². The molecule has 0 aliphatic rings. The van der Waals surface area contributed by atoms with Crippen molar-refractivity contribution in [2.45, 2.75) is 19.9 Å². The van der Waals surface area contributed by atoms with Gasteiger partial charge in [-0.25, -0.2) is 37.4 Å². The number of ether oxygens (including phenoxy) is 2. The standard InChI is InChI=1S/C31H24F2N8O5/c1-18(2)39-17-27(28(42)41(31(39)44)22-7-4-19(32)5-8-22)46-30(43)38-20-6-9-25(23(33)14-20)45-26-15-21(16-40-24(26)10-13-36-40)37-29-34-11-3-12-35-29/h3-18H,1-2H3,(H,38,43)(H,34,35,37). The third-order valence-corrected chi connectivity index (χ3v) is 6.62. The predicted molar refractivity (Wildman–Crippen MR) is 163 cm³/mol. The van der Waals surface area contributed by atoms with Gasteiger partial charge in [0.1, 0.15) is 11.3 Å². The van der Waals surface area contributed by atoms with Crippen LogP contribution in [-0.4, -0.2) is 34.8 Å². The van der Waals surface area contributed by atoms with E-state index >= 15 is 4.39 Å². The van der Waals surface area contributed by atoms with Crippen LogP contribution in [0.1, 0.15) is 19.9 Å². The molecule has 0 bridgehead atoms. The summed E-state index contributed by atoms with van der Waals surface area (Å²) < 4.78 is 43.3. The maximum Gasteiger partial charge on any atom is 0.417 e. The van der Waals surface area contributed by atoms with Gasteiger partial charge in [0.2, 0.25) is 11.7 Å². The van der Waals surface area contributed by atoms with Crippen LogP contribution in [0.15, 0.2) is 101 Å². The Kier molecular flexibility index (Phi) is 7.95. The van der Waals surface area contributed by atoms with Gasteiger partial charge in [0.05, 0.1) is 30.0 Å². The number of rotatable bonds is 8. The molecule has 0 fully saturated rings. The maximum absolute atomic E-state index is 15.2. The number of hydrogen-bond acceptors (Lipinski definition) is 9. The zero-order valence-electron chi connectivity index (χ0n) is 24.2. The van der Waals surface area contributed by atoms with Gasteiger partial charge in [0, 0.05) is 36.3 Å². The number of anilines is 3. The Balaban J connectivity index is 1.22. The molecule has 0 radical (unpaired) electrons. The summed E-state index contributed by atoms with van der Waals surface area (Å²) in [5, 5.41) is 9.62. The molecule has 6 rings (SSSR count). The second-order valence-electron chi connectivity index (χ2n) is 10.1. The summed E-state index contributed by atoms with van der Waals surface area (Å²) in [6.45, 7) is 3.39. The van der Waals surface area contributed by atoms with Gasteiger partial charge in [-0.15, -0.1) is 0 Å². The molecular formula is C31H24F2N8O5. The Morgan fingerprint density at radius 2 is 1.63 bits per heavy atom. The molecule has 46 heavy (non-hydrogen) atoms. The van der Waals surface area contributed by atoms with Crippen molar-refractivity contribution in [1.29, 1.82) is 0 Å². The Morgan fingerprint density at radius 3 is 2.35 bits per heavy atom. The van der Waals surface area contributed by atoms with Gasteiger partial charge >= 0.3 is 17.3 Å². The zero-order chi connectivity index (χ0) is 32.4. The highest BCUT2D eigenvalue weighted by Crippen LogP contribution is 2.32. The van der Waals surface area contributed by atoms with Crippen LogP contribution in [0.3, 0.4) is 0 Å². The maximum atomic E-state index is 15.2. The molecule has 2 aromatic carbocycles. The van der Waals surface area contributed by atoms with Crippen molar-refractivity contribution in [2.24, 2.45) is 0 Å². The summed E-state index contributed by atoms with van der Waals surface area (Å²) in [6, 6.07) is 13.0. The number of pyridine rings is 1. The van der Waals surface area contributed by atoms with Gasteiger partial charge in [-0.3, -0.25) is 14.7 Å². The predicted octanol–water partition coefficient (Wildman–Crippen LogP) is 5.44. The van der Waals surface area contributed by atoms with E-state index in [1.165, 1.54) is 33.3 Å². The fourth-order valence-corrected chi connectivity index (χ4v) is 4.47. The molecule has 4 aromatic heterocycles. The minimum Gasteiger partial charge on any atom is -0.452 e. The molecule has 0 saturated heterocycles. The summed E-state index contributed by atoms with van der Waals surface area (Å²) in [6.07, 6.45) is 6.39. The summed E-state index contributed by atoms with van der Waals surface area (Å²) in [5.74, 6) is -1.39. The van der Waals surface area contributed by atoms with Crippen molar-refractivity contribution in [3.05, 3.63) is 124 Å². The van der Waals surface area contributed by atoms with E-state index in [1.54, 1.807) is 56.8 Å². The van der Waals surface area contributed by atoms with Crippen LogP contribution < -0.4 is 31.4 Å². The molecule has 0 aliphatic carbocycles. The SMILES string of the molecule is CC(C)n1cc(OC(=O)Nc2ccc(Oc3cc(Nc4ncccn4)cn4nccc34)c(F)c2)c(=O)n(-c2ccc(F)cc2)c1=O. The smallest absolute Gasteiger partial charge is 0.417 e. The molecule has 0 aliphatic heterocycles. The summed E-state index contributed by atoms with van der Waals surface area (Å²) in [5.41, 5.74) is -0.491. The van der Waals surface area contributed by atoms with Gasteiger partial charge < -0.3 is 14.8 Å². The Labute approximate surface area is 258 Å². The lowest BCUT2D eigenvalue weighted by Crippen LogP contribution is -2.40. The average Bonchev–Trinajstić information content (AvgIpc) is 3.50. The van der Waals surface area contributed by atoms with Crippen molar-refractivity contribution in [3.63, 3.8) is 0 Å². The number of fused-ring (bicyclic) bond motifs is 1. The molecule has 6 aromatic rings. The molecule has 1 amide bonds. The van der Waals surface area contributed by atoms with Crippen LogP contribution >= 0.6 is 0 Å². The van der Waals surface area contributed by atoms with E-state index < -0.39 is 40.8 Å². The summed E-state index contributed by atoms with van der Waals surface area (Å²) >= 11 is 0. The van der Waals surface area contributed by atoms with E-state index in [4.69, 9.17) is 9.47 Å². The third-order valence-electron chi connectivity index (χ3n) is 6.62. The molecule has 0 atom stereocenters. The normalized spacial score (nSPS) is 11.1. The Hall–Kier alpha value is -6.38. The zero-order valence-corrected chi connectivity index (χ0v) is 24.2. The summed E-state index contributed by atoms with van der Waals surface area (Å²) in [7, 11) is 0. The fourth-order valence-electron chi connectivity index (χ4n) is 4.47. The molecule has 4 heterocycles. The number of nitrogens with one attached hydrogen (secondary N) is 2. The third kappa shape index (κ3) is 6.14. The molecule has 0 unspecified atom stereocenters. The first kappa shape index (κ1) is 29.7. The fraction of sp³-hybridized carbons (Fsp3) is 0.0968. The van der Waals surface area contributed by atoms with Crippen molar-refractivity contribution in [3.8, 4) is 22.9 Å². The average molecular weight is 627 g/mol. The van der Waals surface area contributed by atoms with Gasteiger partial charge in [-0.1, -0.05) is 0 Å². The van der Waals surface area contributed by atoms with Gasteiger partial charge in [-0.05, 0) is 62.4 Å². The van der Waals surface area contributed by atoms with Crippen molar-refractivity contribution < 1.29 is 23.0 Å². The number of halogens is 2. The molecule has 13 nitrogen and oxygen atoms in total. The van der Waals surface area contributed by atoms with E-state index in [9.17, 15) is 18.8 Å². The van der Waals surface area contributed by atoms with E-state index in [2.05, 4.69) is 25.7 Å². The Bertz CT molecular complexity index is 2180. The van der Waals surface area contributed by atoms with Crippen LogP contribution in [0, 0.1) is 11.6 Å². The highest BCUT2D eigenvalue weighted by atomic mass is 19.1. The first-order valence-corrected chi connectivity index (χ1v) is 13.8. The first-order chi connectivity index (χ1) is 22.2. The number of hydrogen-bond donors (Lipinski definition) is 2. The molecule has 2 N–H and O–H groups in total. The van der Waals surface area contributed by atoms with Gasteiger partial charge in [0.15, 0.2) is 17.3 Å². The molecule has 0 spiro atoms. The van der Waals surface area contributed by atoms with E-state index in [1.807, 2.05) is 0 Å². The van der Waals surface area contributed by atoms with E-state index in [0.717, 1.165) is 29.0 Å². The number of benzene rings is 2. The van der Waals surface area contributed by atoms with Crippen molar-refractivity contribution in [1.82, 2.24) is 28.7 Å². The number of nitrogens with zero attached hydrogens (tertiary/aromatic N) is 6. The Morgan fingerprint density at radius 1 is 0.870 bits per heavy atom. The second-order valence-corrected chi connectivity index (χ2v) is 10.1. The number of amides is 1. The van der Waals surface area contributed by atoms with E-state index in [-0.39, 0.29) is 22.9 Å². The van der Waals surface area contributed by atoms with Crippen LogP contribution in [0.25, 0.3) is 11.2 Å². The lowest BCUT2D eigenvalue weighted by Gasteiger charge is -2.16. The highest BCUT2D eigenvalue weighted by Gasteiger charge is 2.19. The van der Waals surface area contributed by atoms with Crippen LogP contribution in [0.2, 0.25) is 0 Å². The number of carbonyl (C=O) groups is 1. The minimum atomic E-state index is -1.12. The second kappa shape index (κ2) is 12.3. The van der Waals surface area contributed by atoms with Crippen LogP contribution in [-0.2, 0) is 0 Å². The molecular weight excluding hydrogens is 602 g/mol. The van der Waals surface area contributed by atoms with E-state index in [0.29, 0.717) is 17.2 Å². The molecule has 0 saturated carbocycles. The van der Waals surface area contributed by atoms with Crippen LogP contribution in [0.5, 0.6) is 17.2 Å². The van der Waals surface area contributed by atoms with Gasteiger partial charge in [-0.2, -0.15) is 5.10 Å². The quantitative estimate of drug-likeness (QED) is 0.225. The molecule has 232 valence electrons. The monoisotopic (exact) mass is 626 g/mol.